The number of hydrogen-bond donors (Lipinski definition) is 2. The number of benzene rings is 2. The van der Waals surface area contributed by atoms with Crippen LogP contribution < -0.4 is 10.2 Å². The zero-order valence-corrected chi connectivity index (χ0v) is 19.8. The van der Waals surface area contributed by atoms with Gasteiger partial charge in [-0.1, -0.05) is 47.5 Å². The average molecular weight is 524 g/mol. The quantitative estimate of drug-likeness (QED) is 0.410. The zero-order chi connectivity index (χ0) is 24.9. The monoisotopic (exact) mass is 523 g/mol. The SMILES string of the molecule is O=C(NC[C@H]1CN(c2cc(F)c(-c3ccc(CCCc4cn[nH]n4)cc3)c(F)c2)C(=O)O1)C(Cl)Cl. The van der Waals surface area contributed by atoms with Gasteiger partial charge in [-0.05, 0) is 42.5 Å². The van der Waals surface area contributed by atoms with E-state index in [1.807, 2.05) is 12.1 Å². The molecule has 0 saturated carbocycles. The number of aryl methyl sites for hydroxylation is 2. The Morgan fingerprint density at radius 3 is 2.54 bits per heavy atom. The minimum atomic E-state index is -1.26. The summed E-state index contributed by atoms with van der Waals surface area (Å²) in [6.45, 7) is -0.0411. The van der Waals surface area contributed by atoms with Gasteiger partial charge in [0, 0.05) is 0 Å². The maximum Gasteiger partial charge on any atom is 0.414 e. The minimum Gasteiger partial charge on any atom is -0.442 e. The summed E-state index contributed by atoms with van der Waals surface area (Å²) in [6, 6.07) is 9.15. The lowest BCUT2D eigenvalue weighted by Crippen LogP contribution is -2.37. The molecule has 35 heavy (non-hydrogen) atoms. The summed E-state index contributed by atoms with van der Waals surface area (Å²) in [4.78, 5) is 23.6. The highest BCUT2D eigenvalue weighted by Gasteiger charge is 2.34. The van der Waals surface area contributed by atoms with Gasteiger partial charge in [-0.15, -0.1) is 0 Å². The van der Waals surface area contributed by atoms with Gasteiger partial charge in [-0.25, -0.2) is 13.6 Å². The largest absolute Gasteiger partial charge is 0.442 e. The van der Waals surface area contributed by atoms with E-state index in [0.29, 0.717) is 5.56 Å². The highest BCUT2D eigenvalue weighted by atomic mass is 35.5. The number of halogens is 4. The number of hydrogen-bond acceptors (Lipinski definition) is 5. The van der Waals surface area contributed by atoms with Crippen molar-refractivity contribution in [3.8, 4) is 11.1 Å². The number of alkyl halides is 2. The van der Waals surface area contributed by atoms with Gasteiger partial charge in [0.2, 0.25) is 0 Å². The summed E-state index contributed by atoms with van der Waals surface area (Å²) in [5.74, 6) is -2.25. The lowest BCUT2D eigenvalue weighted by Gasteiger charge is -2.15. The number of anilines is 1. The first kappa shape index (κ1) is 24.9. The Morgan fingerprint density at radius 2 is 1.91 bits per heavy atom. The number of ether oxygens (including phenoxy) is 1. The second-order valence-corrected chi connectivity index (χ2v) is 9.05. The molecule has 2 N–H and O–H groups in total. The van der Waals surface area contributed by atoms with E-state index in [-0.39, 0.29) is 24.3 Å². The summed E-state index contributed by atoms with van der Waals surface area (Å²) in [7, 11) is 0. The maximum atomic E-state index is 15.0. The Balaban J connectivity index is 1.41. The van der Waals surface area contributed by atoms with Crippen molar-refractivity contribution in [1.82, 2.24) is 20.7 Å². The molecule has 184 valence electrons. The summed E-state index contributed by atoms with van der Waals surface area (Å²) in [5.41, 5.74) is 2.12. The van der Waals surface area contributed by atoms with Gasteiger partial charge in [-0.3, -0.25) is 9.69 Å². The summed E-state index contributed by atoms with van der Waals surface area (Å²) >= 11 is 10.9. The number of carbonyl (C=O) groups excluding carboxylic acids is 2. The molecule has 0 spiro atoms. The molecule has 0 unspecified atom stereocenters. The van der Waals surface area contributed by atoms with E-state index < -0.39 is 34.6 Å². The van der Waals surface area contributed by atoms with Crippen LogP contribution in [0.3, 0.4) is 0 Å². The van der Waals surface area contributed by atoms with Gasteiger partial charge in [0.25, 0.3) is 5.91 Å². The molecular formula is C23H21Cl2F2N5O3. The molecule has 1 atom stereocenters. The lowest BCUT2D eigenvalue weighted by atomic mass is 10.00. The Labute approximate surface area is 209 Å². The molecule has 1 fully saturated rings. The third-order valence-electron chi connectivity index (χ3n) is 5.52. The van der Waals surface area contributed by atoms with Gasteiger partial charge < -0.3 is 10.1 Å². The molecule has 2 heterocycles. The Bertz CT molecular complexity index is 1170. The van der Waals surface area contributed by atoms with Crippen molar-refractivity contribution in [1.29, 1.82) is 0 Å². The van der Waals surface area contributed by atoms with Crippen LogP contribution in [-0.4, -0.2) is 51.4 Å². The average Bonchev–Trinajstić information content (AvgIpc) is 3.47. The Hall–Kier alpha value is -3.24. The topological polar surface area (TPSA) is 100 Å². The first-order valence-electron chi connectivity index (χ1n) is 10.8. The highest BCUT2D eigenvalue weighted by molar-refractivity contribution is 6.53. The molecule has 1 saturated heterocycles. The number of nitrogens with one attached hydrogen (secondary N) is 2. The number of H-pyrrole nitrogens is 1. The zero-order valence-electron chi connectivity index (χ0n) is 18.3. The first-order chi connectivity index (χ1) is 16.8. The van der Waals surface area contributed by atoms with Crippen LogP contribution in [-0.2, 0) is 22.4 Å². The molecule has 2 amide bonds. The van der Waals surface area contributed by atoms with Crippen molar-refractivity contribution in [2.75, 3.05) is 18.0 Å². The first-order valence-corrected chi connectivity index (χ1v) is 11.7. The standard InChI is InChI=1S/C23H21Cl2F2N5O3/c24-21(25)22(33)28-11-17-12-32(23(34)35-17)16-8-18(26)20(19(27)9-16)14-6-4-13(5-7-14)2-1-3-15-10-29-31-30-15/h4-10,17,21H,1-3,11-12H2,(H,28,33)(H,29,30,31)/t17-/m0/s1. The number of aromatic nitrogens is 3. The molecule has 2 aromatic carbocycles. The van der Waals surface area contributed by atoms with E-state index in [1.165, 1.54) is 0 Å². The van der Waals surface area contributed by atoms with Crippen molar-refractivity contribution in [2.24, 2.45) is 0 Å². The van der Waals surface area contributed by atoms with E-state index in [4.69, 9.17) is 27.9 Å². The molecule has 1 aromatic heterocycles. The molecule has 1 aliphatic heterocycles. The van der Waals surface area contributed by atoms with Gasteiger partial charge in [0.05, 0.1) is 36.2 Å². The third-order valence-corrected chi connectivity index (χ3v) is 5.92. The number of amides is 2. The summed E-state index contributed by atoms with van der Waals surface area (Å²) < 4.78 is 35.1. The van der Waals surface area contributed by atoms with Crippen LogP contribution in [0.4, 0.5) is 19.3 Å². The van der Waals surface area contributed by atoms with Gasteiger partial charge >= 0.3 is 6.09 Å². The fraction of sp³-hybridized carbons (Fsp3) is 0.304. The van der Waals surface area contributed by atoms with Crippen LogP contribution in [0, 0.1) is 11.6 Å². The molecular weight excluding hydrogens is 503 g/mol. The number of nitrogens with zero attached hydrogens (tertiary/aromatic N) is 3. The van der Waals surface area contributed by atoms with E-state index in [1.54, 1.807) is 18.3 Å². The van der Waals surface area contributed by atoms with Crippen LogP contribution in [0.15, 0.2) is 42.6 Å². The van der Waals surface area contributed by atoms with Crippen molar-refractivity contribution in [3.63, 3.8) is 0 Å². The number of rotatable bonds is 9. The van der Waals surface area contributed by atoms with Gasteiger partial charge in [0.15, 0.2) is 4.84 Å². The summed E-state index contributed by atoms with van der Waals surface area (Å²) in [6.07, 6.45) is 2.59. The van der Waals surface area contributed by atoms with Gasteiger partial charge in [0.1, 0.15) is 17.7 Å². The number of cyclic esters (lactones) is 1. The molecule has 1 aliphatic rings. The number of carbonyl (C=O) groups is 2. The third kappa shape index (κ3) is 6.07. The van der Waals surface area contributed by atoms with Crippen LogP contribution in [0.5, 0.6) is 0 Å². The van der Waals surface area contributed by atoms with Crippen LogP contribution in [0.2, 0.25) is 0 Å². The van der Waals surface area contributed by atoms with Crippen molar-refractivity contribution in [3.05, 3.63) is 65.5 Å². The maximum absolute atomic E-state index is 15.0. The second kappa shape index (κ2) is 11.0. The fourth-order valence-electron chi connectivity index (χ4n) is 3.78. The second-order valence-electron chi connectivity index (χ2n) is 7.96. The van der Waals surface area contributed by atoms with Gasteiger partial charge in [-0.2, -0.15) is 15.4 Å². The van der Waals surface area contributed by atoms with E-state index in [0.717, 1.165) is 47.6 Å². The number of aromatic amines is 1. The normalized spacial score (nSPS) is 15.5. The smallest absolute Gasteiger partial charge is 0.414 e. The van der Waals surface area contributed by atoms with Crippen LogP contribution in [0.1, 0.15) is 17.7 Å². The molecule has 0 bridgehead atoms. The molecule has 4 rings (SSSR count). The van der Waals surface area contributed by atoms with E-state index in [9.17, 15) is 18.4 Å². The minimum absolute atomic E-state index is 0.00435. The molecule has 3 aromatic rings. The van der Waals surface area contributed by atoms with E-state index >= 15 is 0 Å². The molecule has 0 aliphatic carbocycles. The van der Waals surface area contributed by atoms with E-state index in [2.05, 4.69) is 20.7 Å². The molecule has 12 heteroatoms. The molecule has 0 radical (unpaired) electrons. The predicted molar refractivity (Wildman–Crippen MR) is 126 cm³/mol. The van der Waals surface area contributed by atoms with Crippen LogP contribution in [0.25, 0.3) is 11.1 Å². The molecule has 8 nitrogen and oxygen atoms in total. The van der Waals surface area contributed by atoms with Crippen molar-refractivity contribution in [2.45, 2.75) is 30.2 Å². The fourth-order valence-corrected chi connectivity index (χ4v) is 3.93. The highest BCUT2D eigenvalue weighted by Crippen LogP contribution is 2.32. The Morgan fingerprint density at radius 1 is 1.20 bits per heavy atom. The van der Waals surface area contributed by atoms with Crippen molar-refractivity contribution < 1.29 is 23.1 Å². The predicted octanol–water partition coefficient (Wildman–Crippen LogP) is 4.17. The Kier molecular flexibility index (Phi) is 7.82. The summed E-state index contributed by atoms with van der Waals surface area (Å²) in [5, 5.41) is 12.8. The van der Waals surface area contributed by atoms with Crippen LogP contribution >= 0.6 is 23.2 Å². The van der Waals surface area contributed by atoms with Crippen molar-refractivity contribution >= 4 is 40.9 Å². The lowest BCUT2D eigenvalue weighted by molar-refractivity contribution is -0.119.